The van der Waals surface area contributed by atoms with Gasteiger partial charge in [-0.05, 0) is 40.7 Å². The van der Waals surface area contributed by atoms with E-state index >= 15 is 0 Å². The number of hydrogen-bond donors (Lipinski definition) is 1. The molecule has 1 amide bonds. The number of aliphatic hydroxyl groups excluding tert-OH is 1. The highest BCUT2D eigenvalue weighted by Crippen LogP contribution is 2.27. The zero-order valence-corrected chi connectivity index (χ0v) is 11.4. The Morgan fingerprint density at radius 2 is 2.50 bits per heavy atom. The van der Waals surface area contributed by atoms with Crippen molar-refractivity contribution in [3.05, 3.63) is 20.8 Å². The van der Waals surface area contributed by atoms with Gasteiger partial charge in [0, 0.05) is 23.5 Å². The molecule has 3 nitrogen and oxygen atoms in total. The smallest absolute Gasteiger partial charge is 0.265 e. The van der Waals surface area contributed by atoms with Gasteiger partial charge in [0.1, 0.15) is 4.88 Å². The molecule has 2 atom stereocenters. The topological polar surface area (TPSA) is 40.5 Å². The molecule has 1 saturated heterocycles. The van der Waals surface area contributed by atoms with Crippen LogP contribution < -0.4 is 0 Å². The molecule has 2 unspecified atom stereocenters. The summed E-state index contributed by atoms with van der Waals surface area (Å²) in [5.41, 5.74) is 0. The van der Waals surface area contributed by atoms with Crippen molar-refractivity contribution < 1.29 is 9.90 Å². The lowest BCUT2D eigenvalue weighted by Crippen LogP contribution is -2.30. The van der Waals surface area contributed by atoms with E-state index in [-0.39, 0.29) is 17.9 Å². The molecule has 0 aromatic carbocycles. The summed E-state index contributed by atoms with van der Waals surface area (Å²) in [4.78, 5) is 14.7. The Morgan fingerprint density at radius 1 is 1.75 bits per heavy atom. The molecular formula is C11H14BrNO2S. The molecule has 1 fully saturated rings. The third-order valence-corrected chi connectivity index (χ3v) is 4.83. The molecule has 0 saturated carbocycles. The predicted molar refractivity (Wildman–Crippen MR) is 67.7 cm³/mol. The summed E-state index contributed by atoms with van der Waals surface area (Å²) in [6.07, 6.45) is 0.566. The number of thiophene rings is 1. The summed E-state index contributed by atoms with van der Waals surface area (Å²) in [5, 5.41) is 11.4. The van der Waals surface area contributed by atoms with Crippen molar-refractivity contribution in [1.29, 1.82) is 0 Å². The minimum Gasteiger partial charge on any atom is -0.393 e. The van der Waals surface area contributed by atoms with Crippen LogP contribution in [0.2, 0.25) is 0 Å². The minimum atomic E-state index is -0.329. The maximum atomic E-state index is 12.1. The number of carbonyl (C=O) groups excluding carboxylic acids is 1. The van der Waals surface area contributed by atoms with E-state index in [1.165, 1.54) is 11.3 Å². The van der Waals surface area contributed by atoms with Crippen LogP contribution in [0.25, 0.3) is 0 Å². The average Bonchev–Trinajstić information content (AvgIpc) is 2.84. The number of nitrogens with zero attached hydrogens (tertiary/aromatic N) is 1. The van der Waals surface area contributed by atoms with E-state index in [0.29, 0.717) is 6.54 Å². The Kier molecular flexibility index (Phi) is 3.66. The summed E-state index contributed by atoms with van der Waals surface area (Å²) in [6.45, 7) is 3.21. The quantitative estimate of drug-likeness (QED) is 0.911. The molecule has 2 rings (SSSR count). The van der Waals surface area contributed by atoms with Gasteiger partial charge in [-0.2, -0.15) is 0 Å². The van der Waals surface area contributed by atoms with Crippen molar-refractivity contribution in [2.24, 2.45) is 5.92 Å². The summed E-state index contributed by atoms with van der Waals surface area (Å²) in [7, 11) is 0. The first-order valence-corrected chi connectivity index (χ1v) is 6.97. The van der Waals surface area contributed by atoms with E-state index in [9.17, 15) is 9.90 Å². The number of likely N-dealkylation sites (tertiary alicyclic amines) is 1. The number of amides is 1. The van der Waals surface area contributed by atoms with Crippen molar-refractivity contribution in [1.82, 2.24) is 4.90 Å². The Bertz CT molecular complexity index is 391. The van der Waals surface area contributed by atoms with Crippen LogP contribution in [0.3, 0.4) is 0 Å². The van der Waals surface area contributed by atoms with Crippen LogP contribution in [-0.2, 0) is 0 Å². The van der Waals surface area contributed by atoms with Crippen LogP contribution in [0, 0.1) is 5.92 Å². The van der Waals surface area contributed by atoms with Gasteiger partial charge in [0.25, 0.3) is 5.91 Å². The van der Waals surface area contributed by atoms with Gasteiger partial charge in [-0.15, -0.1) is 11.3 Å². The van der Waals surface area contributed by atoms with Gasteiger partial charge in [-0.1, -0.05) is 0 Å². The molecule has 1 aliphatic rings. The molecule has 5 heteroatoms. The van der Waals surface area contributed by atoms with Crippen molar-refractivity contribution in [2.45, 2.75) is 19.4 Å². The fourth-order valence-corrected chi connectivity index (χ4v) is 3.46. The normalized spacial score (nSPS) is 22.4. The van der Waals surface area contributed by atoms with Gasteiger partial charge in [0.05, 0.1) is 6.10 Å². The van der Waals surface area contributed by atoms with Gasteiger partial charge in [-0.3, -0.25) is 4.79 Å². The third kappa shape index (κ3) is 2.31. The molecule has 16 heavy (non-hydrogen) atoms. The number of hydrogen-bond acceptors (Lipinski definition) is 3. The first-order chi connectivity index (χ1) is 7.59. The highest BCUT2D eigenvalue weighted by atomic mass is 79.9. The van der Waals surface area contributed by atoms with Crippen LogP contribution in [-0.4, -0.2) is 35.1 Å². The molecule has 0 aliphatic carbocycles. The third-order valence-electron chi connectivity index (χ3n) is 3.01. The van der Waals surface area contributed by atoms with Gasteiger partial charge in [0.2, 0.25) is 0 Å². The lowest BCUT2D eigenvalue weighted by molar-refractivity contribution is 0.0766. The summed E-state index contributed by atoms with van der Waals surface area (Å²) < 4.78 is 0.864. The summed E-state index contributed by atoms with van der Waals surface area (Å²) in [5.74, 6) is 0.299. The van der Waals surface area contributed by atoms with Gasteiger partial charge < -0.3 is 10.0 Å². The lowest BCUT2D eigenvalue weighted by atomic mass is 10.0. The van der Waals surface area contributed by atoms with Crippen molar-refractivity contribution in [3.8, 4) is 0 Å². The largest absolute Gasteiger partial charge is 0.393 e. The van der Waals surface area contributed by atoms with Crippen LogP contribution in [0.4, 0.5) is 0 Å². The molecule has 0 radical (unpaired) electrons. The molecule has 88 valence electrons. The summed E-state index contributed by atoms with van der Waals surface area (Å²) >= 11 is 4.83. The van der Waals surface area contributed by atoms with Crippen LogP contribution in [0.5, 0.6) is 0 Å². The van der Waals surface area contributed by atoms with Gasteiger partial charge >= 0.3 is 0 Å². The molecule has 0 bridgehead atoms. The van der Waals surface area contributed by atoms with E-state index in [0.717, 1.165) is 22.3 Å². The number of rotatable bonds is 2. The Morgan fingerprint density at radius 3 is 3.00 bits per heavy atom. The van der Waals surface area contributed by atoms with E-state index in [1.54, 1.807) is 6.92 Å². The zero-order valence-electron chi connectivity index (χ0n) is 9.02. The second-order valence-electron chi connectivity index (χ2n) is 4.14. The van der Waals surface area contributed by atoms with E-state index in [4.69, 9.17) is 0 Å². The molecule has 0 spiro atoms. The average molecular weight is 304 g/mol. The van der Waals surface area contributed by atoms with Gasteiger partial charge in [0.15, 0.2) is 0 Å². The SMILES string of the molecule is CC(O)C1CCN(C(=O)c2sccc2Br)C1. The van der Waals surface area contributed by atoms with Gasteiger partial charge in [-0.25, -0.2) is 0 Å². The van der Waals surface area contributed by atoms with E-state index in [1.807, 2.05) is 16.3 Å². The Hall–Kier alpha value is -0.390. The van der Waals surface area contributed by atoms with Crippen LogP contribution in [0.15, 0.2) is 15.9 Å². The van der Waals surface area contributed by atoms with Crippen LogP contribution in [0.1, 0.15) is 23.0 Å². The van der Waals surface area contributed by atoms with Crippen LogP contribution >= 0.6 is 27.3 Å². The Labute approximate surface area is 107 Å². The second-order valence-corrected chi connectivity index (χ2v) is 5.91. The number of carbonyl (C=O) groups is 1. The molecule has 2 heterocycles. The first kappa shape index (κ1) is 12.1. The minimum absolute atomic E-state index is 0.0741. The fourth-order valence-electron chi connectivity index (χ4n) is 1.96. The molecule has 1 N–H and O–H groups in total. The highest BCUT2D eigenvalue weighted by Gasteiger charge is 2.30. The van der Waals surface area contributed by atoms with Crippen molar-refractivity contribution in [3.63, 3.8) is 0 Å². The zero-order chi connectivity index (χ0) is 11.7. The molecular weight excluding hydrogens is 290 g/mol. The number of aliphatic hydroxyl groups is 1. The molecule has 1 aromatic rings. The maximum Gasteiger partial charge on any atom is 0.265 e. The number of halogens is 1. The first-order valence-electron chi connectivity index (χ1n) is 5.30. The maximum absolute atomic E-state index is 12.1. The van der Waals surface area contributed by atoms with E-state index in [2.05, 4.69) is 15.9 Å². The molecule has 1 aliphatic heterocycles. The van der Waals surface area contributed by atoms with Crippen molar-refractivity contribution >= 4 is 33.2 Å². The fraction of sp³-hybridized carbons (Fsp3) is 0.545. The predicted octanol–water partition coefficient (Wildman–Crippen LogP) is 2.35. The lowest BCUT2D eigenvalue weighted by Gasteiger charge is -2.17. The Balaban J connectivity index is 2.05. The monoisotopic (exact) mass is 303 g/mol. The summed E-state index contributed by atoms with van der Waals surface area (Å²) in [6, 6.07) is 1.89. The van der Waals surface area contributed by atoms with E-state index < -0.39 is 0 Å². The highest BCUT2D eigenvalue weighted by molar-refractivity contribution is 9.10. The second kappa shape index (κ2) is 4.85. The molecule has 1 aromatic heterocycles. The standard InChI is InChI=1S/C11H14BrNO2S/c1-7(14)8-2-4-13(6-8)11(15)10-9(12)3-5-16-10/h3,5,7-8,14H,2,4,6H2,1H3. The van der Waals surface area contributed by atoms with Crippen molar-refractivity contribution in [2.75, 3.05) is 13.1 Å².